The molecule has 2 N–H and O–H groups in total. The summed E-state index contributed by atoms with van der Waals surface area (Å²) in [5.74, 6) is 0.0438. The molecule has 5 nitrogen and oxygen atoms in total. The highest BCUT2D eigenvalue weighted by atomic mass is 16.2. The third-order valence-corrected chi connectivity index (χ3v) is 4.55. The number of piperidine rings is 1. The average molecular weight is 262 g/mol. The summed E-state index contributed by atoms with van der Waals surface area (Å²) in [4.78, 5) is 14.3. The van der Waals surface area contributed by atoms with E-state index in [1.165, 1.54) is 12.8 Å². The molecule has 0 aliphatic carbocycles. The van der Waals surface area contributed by atoms with E-state index in [-0.39, 0.29) is 5.91 Å². The Bertz CT molecular complexity index is 458. The lowest BCUT2D eigenvalue weighted by Crippen LogP contribution is -2.48. The number of hydrogen-bond acceptors (Lipinski definition) is 3. The molecule has 2 atom stereocenters. The summed E-state index contributed by atoms with van der Waals surface area (Å²) < 4.78 is 0. The molecule has 104 valence electrons. The van der Waals surface area contributed by atoms with Gasteiger partial charge in [0.15, 0.2) is 0 Å². The van der Waals surface area contributed by atoms with Crippen LogP contribution in [0.2, 0.25) is 0 Å². The van der Waals surface area contributed by atoms with E-state index in [4.69, 9.17) is 0 Å². The number of aromatic amines is 1. The first-order valence-electron chi connectivity index (χ1n) is 7.25. The summed E-state index contributed by atoms with van der Waals surface area (Å²) >= 11 is 0. The van der Waals surface area contributed by atoms with Gasteiger partial charge in [-0.05, 0) is 38.2 Å². The second-order valence-electron chi connectivity index (χ2n) is 5.81. The zero-order valence-corrected chi connectivity index (χ0v) is 11.6. The maximum atomic E-state index is 12.4. The predicted molar refractivity (Wildman–Crippen MR) is 73.0 cm³/mol. The highest BCUT2D eigenvalue weighted by Crippen LogP contribution is 2.29. The second kappa shape index (κ2) is 4.96. The maximum Gasteiger partial charge on any atom is 0.274 e. The van der Waals surface area contributed by atoms with Gasteiger partial charge >= 0.3 is 0 Å². The molecule has 2 aliphatic rings. The van der Waals surface area contributed by atoms with Crippen LogP contribution in [0, 0.1) is 0 Å². The smallest absolute Gasteiger partial charge is 0.274 e. The molecule has 1 aromatic rings. The van der Waals surface area contributed by atoms with Crippen LogP contribution in [0.4, 0.5) is 0 Å². The number of H-pyrrole nitrogens is 1. The summed E-state index contributed by atoms with van der Waals surface area (Å²) in [6.45, 7) is 2.05. The number of amides is 1. The summed E-state index contributed by atoms with van der Waals surface area (Å²) in [5.41, 5.74) is 1.56. The number of nitrogens with one attached hydrogen (secondary N) is 2. The van der Waals surface area contributed by atoms with E-state index in [1.807, 2.05) is 18.0 Å². The zero-order valence-electron chi connectivity index (χ0n) is 11.6. The van der Waals surface area contributed by atoms with Crippen molar-refractivity contribution in [3.63, 3.8) is 0 Å². The van der Waals surface area contributed by atoms with Crippen LogP contribution in [0.15, 0.2) is 6.07 Å². The van der Waals surface area contributed by atoms with Crippen molar-refractivity contribution in [3.05, 3.63) is 17.5 Å². The lowest BCUT2D eigenvalue weighted by Gasteiger charge is -2.35. The molecule has 0 aromatic carbocycles. The Morgan fingerprint density at radius 1 is 1.42 bits per heavy atom. The molecular weight excluding hydrogens is 240 g/mol. The third kappa shape index (κ3) is 2.39. The fourth-order valence-electron chi connectivity index (χ4n) is 3.34. The van der Waals surface area contributed by atoms with Crippen LogP contribution in [-0.2, 0) is 6.42 Å². The van der Waals surface area contributed by atoms with Gasteiger partial charge in [-0.25, -0.2) is 0 Å². The normalized spacial score (nSPS) is 29.5. The van der Waals surface area contributed by atoms with Gasteiger partial charge in [0, 0.05) is 30.9 Å². The Morgan fingerprint density at radius 3 is 2.68 bits per heavy atom. The summed E-state index contributed by atoms with van der Waals surface area (Å²) in [7, 11) is 1.91. The molecule has 2 fully saturated rings. The van der Waals surface area contributed by atoms with E-state index in [0.717, 1.165) is 25.0 Å². The molecule has 0 saturated carbocycles. The van der Waals surface area contributed by atoms with Gasteiger partial charge in [-0.3, -0.25) is 9.89 Å². The topological polar surface area (TPSA) is 61.0 Å². The van der Waals surface area contributed by atoms with Crippen LogP contribution < -0.4 is 5.32 Å². The average Bonchev–Trinajstić information content (AvgIpc) is 3.03. The van der Waals surface area contributed by atoms with Crippen molar-refractivity contribution in [1.29, 1.82) is 0 Å². The molecule has 2 bridgehead atoms. The van der Waals surface area contributed by atoms with Crippen molar-refractivity contribution in [1.82, 2.24) is 20.4 Å². The van der Waals surface area contributed by atoms with E-state index in [2.05, 4.69) is 22.4 Å². The number of carbonyl (C=O) groups excluding carboxylic acids is 1. The van der Waals surface area contributed by atoms with Crippen molar-refractivity contribution in [2.45, 2.75) is 57.2 Å². The molecule has 3 rings (SSSR count). The molecule has 3 heterocycles. The summed E-state index contributed by atoms with van der Waals surface area (Å²) in [6, 6.07) is 3.43. The Labute approximate surface area is 113 Å². The van der Waals surface area contributed by atoms with Gasteiger partial charge < -0.3 is 10.2 Å². The number of hydrogen-bond donors (Lipinski definition) is 2. The fourth-order valence-corrected chi connectivity index (χ4v) is 3.34. The van der Waals surface area contributed by atoms with Gasteiger partial charge in [-0.1, -0.05) is 6.92 Å². The number of aryl methyl sites for hydroxylation is 1. The molecule has 0 spiro atoms. The van der Waals surface area contributed by atoms with Crippen molar-refractivity contribution in [3.8, 4) is 0 Å². The molecule has 1 aromatic heterocycles. The standard InChI is InChI=1S/C14H22N4O/c1-3-9-8-13(17-16-9)14(19)18(2)12-6-10-4-5-11(7-12)15-10/h8,10-12,15H,3-7H2,1-2H3,(H,16,17). The Morgan fingerprint density at radius 2 is 2.11 bits per heavy atom. The van der Waals surface area contributed by atoms with Crippen LogP contribution in [-0.4, -0.2) is 46.2 Å². The van der Waals surface area contributed by atoms with E-state index in [0.29, 0.717) is 23.8 Å². The van der Waals surface area contributed by atoms with Crippen molar-refractivity contribution in [2.24, 2.45) is 0 Å². The maximum absolute atomic E-state index is 12.4. The monoisotopic (exact) mass is 262 g/mol. The van der Waals surface area contributed by atoms with Crippen LogP contribution in [0.3, 0.4) is 0 Å². The Balaban J connectivity index is 1.69. The lowest BCUT2D eigenvalue weighted by molar-refractivity contribution is 0.0675. The van der Waals surface area contributed by atoms with E-state index in [1.54, 1.807) is 0 Å². The highest BCUT2D eigenvalue weighted by Gasteiger charge is 2.36. The van der Waals surface area contributed by atoms with Crippen molar-refractivity contribution < 1.29 is 4.79 Å². The van der Waals surface area contributed by atoms with Crippen molar-refractivity contribution >= 4 is 5.91 Å². The van der Waals surface area contributed by atoms with E-state index >= 15 is 0 Å². The van der Waals surface area contributed by atoms with E-state index in [9.17, 15) is 4.79 Å². The highest BCUT2D eigenvalue weighted by molar-refractivity contribution is 5.92. The molecule has 19 heavy (non-hydrogen) atoms. The minimum atomic E-state index is 0.0438. The first-order valence-corrected chi connectivity index (χ1v) is 7.25. The van der Waals surface area contributed by atoms with Gasteiger partial charge in [0.05, 0.1) is 0 Å². The van der Waals surface area contributed by atoms with Gasteiger partial charge in [-0.15, -0.1) is 0 Å². The third-order valence-electron chi connectivity index (χ3n) is 4.55. The second-order valence-corrected chi connectivity index (χ2v) is 5.81. The number of rotatable bonds is 3. The van der Waals surface area contributed by atoms with Crippen molar-refractivity contribution in [2.75, 3.05) is 7.05 Å². The largest absolute Gasteiger partial charge is 0.337 e. The first-order chi connectivity index (χ1) is 9.17. The molecule has 2 aliphatic heterocycles. The number of nitrogens with zero attached hydrogens (tertiary/aromatic N) is 2. The number of fused-ring (bicyclic) bond motifs is 2. The summed E-state index contributed by atoms with van der Waals surface area (Å²) in [6.07, 6.45) is 5.53. The Kier molecular flexibility index (Phi) is 3.31. The fraction of sp³-hybridized carbons (Fsp3) is 0.714. The molecular formula is C14H22N4O. The molecule has 0 radical (unpaired) electrons. The minimum absolute atomic E-state index is 0.0438. The molecule has 5 heteroatoms. The van der Waals surface area contributed by atoms with Gasteiger partial charge in [0.1, 0.15) is 5.69 Å². The SMILES string of the molecule is CCc1cc(C(=O)N(C)C2CC3CCC(C2)N3)n[nH]1. The zero-order chi connectivity index (χ0) is 13.4. The Hall–Kier alpha value is -1.36. The van der Waals surface area contributed by atoms with Crippen LogP contribution >= 0.6 is 0 Å². The van der Waals surface area contributed by atoms with Gasteiger partial charge in [-0.2, -0.15) is 5.10 Å². The quantitative estimate of drug-likeness (QED) is 0.864. The van der Waals surface area contributed by atoms with Crippen LogP contribution in [0.25, 0.3) is 0 Å². The molecule has 1 amide bonds. The number of carbonyl (C=O) groups is 1. The van der Waals surface area contributed by atoms with Crippen LogP contribution in [0.1, 0.15) is 48.8 Å². The predicted octanol–water partition coefficient (Wildman–Crippen LogP) is 1.33. The lowest BCUT2D eigenvalue weighted by atomic mass is 9.98. The summed E-state index contributed by atoms with van der Waals surface area (Å²) in [5, 5.41) is 10.6. The molecule has 2 unspecified atom stereocenters. The molecule has 2 saturated heterocycles. The van der Waals surface area contributed by atoms with E-state index < -0.39 is 0 Å². The van der Waals surface area contributed by atoms with Gasteiger partial charge in [0.25, 0.3) is 5.91 Å². The minimum Gasteiger partial charge on any atom is -0.337 e. The number of aromatic nitrogens is 2. The van der Waals surface area contributed by atoms with Gasteiger partial charge in [0.2, 0.25) is 0 Å². The first kappa shape index (κ1) is 12.7. The van der Waals surface area contributed by atoms with Crippen LogP contribution in [0.5, 0.6) is 0 Å².